The van der Waals surface area contributed by atoms with Gasteiger partial charge in [0.25, 0.3) is 0 Å². The number of phenolic OH excluding ortho intramolecular Hbond substituents is 1. The minimum atomic E-state index is -0.629. The summed E-state index contributed by atoms with van der Waals surface area (Å²) in [6.07, 6.45) is 30.3. The summed E-state index contributed by atoms with van der Waals surface area (Å²) < 4.78 is 6.14. The average Bonchev–Trinajstić information content (AvgIpc) is 1.04. The number of halogens is 2. The Bertz CT molecular complexity index is 5450. The van der Waals surface area contributed by atoms with Crippen LogP contribution in [0.4, 0.5) is 4.79 Å². The van der Waals surface area contributed by atoms with Crippen LogP contribution in [0.2, 0.25) is 10.0 Å². The van der Waals surface area contributed by atoms with E-state index in [2.05, 4.69) is 256 Å². The zero-order valence-electron chi connectivity index (χ0n) is 90.5. The fourth-order valence-corrected chi connectivity index (χ4v) is 30.6. The maximum Gasteiger partial charge on any atom is 0.409 e. The van der Waals surface area contributed by atoms with Crippen molar-refractivity contribution in [3.63, 3.8) is 0 Å². The molecule has 0 spiro atoms. The molecule has 18 heteroatoms. The number of aryl methyl sites for hydroxylation is 3. The third-order valence-electron chi connectivity index (χ3n) is 37.8. The van der Waals surface area contributed by atoms with Gasteiger partial charge in [-0.2, -0.15) is 0 Å². The number of Topliss-reactive ketones (excluding diaryl/α,β-unsaturated/α-hetero) is 1. The summed E-state index contributed by atoms with van der Waals surface area (Å²) in [6.45, 7) is 59.4. The Balaban J connectivity index is 0.000000128. The number of ketones is 1. The Morgan fingerprint density at radius 2 is 1.19 bits per heavy atom. The predicted molar refractivity (Wildman–Crippen MR) is 585 cm³/mol. The molecule has 7 aromatic rings. The second kappa shape index (κ2) is 44.6. The molecule has 7 heterocycles. The Hall–Kier alpha value is -6.96. The number of hydrogen-bond acceptors (Lipinski definition) is 13. The van der Waals surface area contributed by atoms with Crippen LogP contribution in [0.1, 0.15) is 317 Å². The first-order chi connectivity index (χ1) is 66.9. The van der Waals surface area contributed by atoms with Crippen LogP contribution in [0.25, 0.3) is 10.1 Å². The lowest BCUT2D eigenvalue weighted by molar-refractivity contribution is -0.135. The number of piperidine rings is 3. The minimum Gasteiger partial charge on any atom is -0.508 e. The van der Waals surface area contributed by atoms with Gasteiger partial charge in [-0.05, 0) is 371 Å². The smallest absolute Gasteiger partial charge is 0.409 e. The number of carbonyl (C=O) groups excluding carboxylic acids is 4. The van der Waals surface area contributed by atoms with Gasteiger partial charge < -0.3 is 34.5 Å². The molecule has 7 aliphatic carbocycles. The van der Waals surface area contributed by atoms with Crippen LogP contribution in [0.15, 0.2) is 132 Å². The first-order valence-electron chi connectivity index (χ1n) is 54.9. The molecule has 13 aliphatic rings. The van der Waals surface area contributed by atoms with E-state index in [1.165, 1.54) is 196 Å². The van der Waals surface area contributed by atoms with Gasteiger partial charge in [0.2, 0.25) is 11.8 Å². The van der Waals surface area contributed by atoms with Gasteiger partial charge in [-0.1, -0.05) is 233 Å². The lowest BCUT2D eigenvalue weighted by Gasteiger charge is -2.62. The lowest BCUT2D eigenvalue weighted by Crippen LogP contribution is -2.66. The summed E-state index contributed by atoms with van der Waals surface area (Å²) in [7, 11) is 3.43. The standard InChI is InChI=1S/C21H28N2OS.2C21H33NO.C21H30.C20H27NO.C19H25Cl2N3O3/c1-22(18-8-2-3-9-19(18)23-12-4-5-13-23)21(24)15-16-7-6-10-20-17(16)11-14-25-20;1-7-21-10-11-22(14-19(2,3)4)18(20(21,5)6)12-15-8-9-16(23)13-17(15)21;1-7-21-10-11-22(14-19(3,4)23)18(20(21,5)6)13-16-9-8-15(2)12-17(16)21;1-14(2)6-8-17-10-11-21(5)16(4)19(17)13-18-9-7-15(3)12-20(18)21;1-4-20-9-10-21(12-15-6-7-15)18(14(20)3)19(22)16-8-5-13(2)11-17(16)20;1-27-19(26)23-8-9-24(15(13-23)12-22-6-2-3-7-22)18(25)11-14-4-5-16(20)17(21)10-14/h6-7,10-11,14,18-19H,2-5,8-9,12-13,15H2,1H3;8-9,13,18,23H,7,10-12,14H2,1-6H3;8-9,12,18,23H,7,10-11,13-14H2,1-6H3;6-7,9,12,16-17,19H,8,10-11,13H2,1-5H3;5,8,11,14-15,18H,4,6-7,9-10,12H2,1-3H3;4-5,10,15H,2-3,6-9,11-13H2,1H3. The molecule has 9 fully saturated rings. The number of carbonyl (C=O) groups is 4. The summed E-state index contributed by atoms with van der Waals surface area (Å²) in [4.78, 5) is 69.6. The fourth-order valence-electron chi connectivity index (χ4n) is 29.4. The van der Waals surface area contributed by atoms with Crippen molar-refractivity contribution in [2.24, 2.45) is 45.8 Å². The number of methoxy groups -OCH3 is 1. The lowest BCUT2D eigenvalue weighted by atomic mass is 9.49. The number of β-amino-alcohol motifs (C(OH)–C–C–N with tert-alkyl or cyclic N) is 1. The Morgan fingerprint density at radius 3 is 1.80 bits per heavy atom. The number of piperazine rings is 1. The van der Waals surface area contributed by atoms with Gasteiger partial charge in [-0.25, -0.2) is 4.79 Å². The van der Waals surface area contributed by atoms with E-state index in [9.17, 15) is 29.4 Å². The third kappa shape index (κ3) is 23.0. The normalized spacial score (nSPS) is 28.7. The number of aromatic hydroxyl groups is 1. The number of likely N-dealkylation sites (tertiary alicyclic amines) is 5. The van der Waals surface area contributed by atoms with Gasteiger partial charge in [0.15, 0.2) is 5.78 Å². The van der Waals surface area contributed by atoms with Crippen LogP contribution in [0.3, 0.4) is 0 Å². The first-order valence-corrected chi connectivity index (χ1v) is 56.5. The molecule has 2 N–H and O–H groups in total. The number of likely N-dealkylation sites (N-methyl/N-ethyl adjacent to an activating group) is 1. The number of hydrogen-bond donors (Lipinski definition) is 2. The zero-order chi connectivity index (χ0) is 101. The van der Waals surface area contributed by atoms with Crippen LogP contribution in [-0.2, 0) is 68.1 Å². The number of amides is 3. The molecule has 6 saturated heterocycles. The summed E-state index contributed by atoms with van der Waals surface area (Å²) >= 11 is 13.8. The molecule has 6 aliphatic heterocycles. The molecular formula is C123H176Cl2N8O7S. The van der Waals surface area contributed by atoms with Crippen LogP contribution in [-0.4, -0.2) is 221 Å². The van der Waals surface area contributed by atoms with Crippen molar-refractivity contribution in [3.05, 3.63) is 215 Å². The highest BCUT2D eigenvalue weighted by Gasteiger charge is 2.61. The molecule has 15 nitrogen and oxygen atoms in total. The van der Waals surface area contributed by atoms with Crippen molar-refractivity contribution in [2.45, 2.75) is 356 Å². The number of phenols is 1. The number of nitrogens with zero attached hydrogens (tertiary/aromatic N) is 8. The van der Waals surface area contributed by atoms with E-state index in [-0.39, 0.29) is 63.5 Å². The summed E-state index contributed by atoms with van der Waals surface area (Å²) in [5, 5.41) is 24.7. The van der Waals surface area contributed by atoms with Crippen LogP contribution < -0.4 is 0 Å². The van der Waals surface area contributed by atoms with Gasteiger partial charge in [0.1, 0.15) is 5.75 Å². The second-order valence-electron chi connectivity index (χ2n) is 49.1. The molecule has 1 aromatic heterocycles. The van der Waals surface area contributed by atoms with Gasteiger partial charge in [-0.15, -0.1) is 11.3 Å². The summed E-state index contributed by atoms with van der Waals surface area (Å²) in [6, 6.07) is 42.7. The SMILES string of the molecule is CC(C)=CCC1CCC2(C)c3cc(C)ccc3CC1C2C.CCC12CCN(CC(C)(C)C)C(Cc3ccc(O)cc31)C2(C)C.CCC12CCN(CC(C)(C)O)C(Cc3ccc(C)cc31)C2(C)C.CCC12CCN(CC3CC3)C(C(=O)c3ccc(C)cc31)C2C.CN(C(=O)Cc1cccc2sccc12)C1CCCCC1N1CCCC1.COC(=O)N1CCN(C(=O)Cc2ccc(Cl)c(Cl)c2)C(CN2CCCC2)C1. The van der Waals surface area contributed by atoms with E-state index in [0.717, 1.165) is 119 Å². The van der Waals surface area contributed by atoms with Gasteiger partial charge in [-0.3, -0.25) is 34.0 Å². The predicted octanol–water partition coefficient (Wildman–Crippen LogP) is 25.8. The average molecular weight is 1980 g/mol. The molecule has 0 radical (unpaired) electrons. The van der Waals surface area contributed by atoms with Crippen molar-refractivity contribution in [1.82, 2.24) is 39.2 Å². The van der Waals surface area contributed by atoms with E-state index in [1.807, 2.05) is 37.9 Å². The van der Waals surface area contributed by atoms with E-state index in [4.69, 9.17) is 27.9 Å². The molecular weight excluding hydrogens is 1800 g/mol. The monoisotopic (exact) mass is 1980 g/mol. The largest absolute Gasteiger partial charge is 0.508 e. The number of aliphatic hydroxyl groups is 1. The summed E-state index contributed by atoms with van der Waals surface area (Å²) in [5.74, 6) is 4.98. The third-order valence-corrected chi connectivity index (χ3v) is 39.4. The zero-order valence-corrected chi connectivity index (χ0v) is 92.9. The minimum absolute atomic E-state index is 0.0359. The van der Waals surface area contributed by atoms with Crippen molar-refractivity contribution in [2.75, 3.05) is 106 Å². The Kier molecular flexibility index (Phi) is 34.2. The fraction of sp³-hybridized carbons (Fsp3) is 0.642. The maximum absolute atomic E-state index is 13.2. The summed E-state index contributed by atoms with van der Waals surface area (Å²) in [5.41, 5.74) is 20.4. The number of rotatable bonds is 18. The topological polar surface area (TPSA) is 144 Å². The number of allylic oxidation sites excluding steroid dienone is 2. The molecule has 14 atom stereocenters. The molecule has 770 valence electrons. The van der Waals surface area contributed by atoms with Crippen molar-refractivity contribution in [3.8, 4) is 5.75 Å². The molecule has 141 heavy (non-hydrogen) atoms. The van der Waals surface area contributed by atoms with Crippen LogP contribution >= 0.6 is 34.5 Å². The van der Waals surface area contributed by atoms with Crippen LogP contribution in [0, 0.1) is 66.6 Å². The maximum atomic E-state index is 13.2. The van der Waals surface area contributed by atoms with Gasteiger partial charge in [0, 0.05) is 104 Å². The van der Waals surface area contributed by atoms with Gasteiger partial charge >= 0.3 is 6.09 Å². The number of thiophene rings is 1. The highest BCUT2D eigenvalue weighted by molar-refractivity contribution is 7.17. The molecule has 3 saturated carbocycles. The van der Waals surface area contributed by atoms with E-state index < -0.39 is 5.60 Å². The number of ether oxygens (including phenoxy) is 1. The molecule has 14 unspecified atom stereocenters. The molecule has 20 rings (SSSR count). The molecule has 8 bridgehead atoms. The number of benzene rings is 6. The number of fused-ring (bicyclic) bond motifs is 17. The molecule has 6 aromatic carbocycles. The van der Waals surface area contributed by atoms with Crippen molar-refractivity contribution in [1.29, 1.82) is 0 Å². The van der Waals surface area contributed by atoms with Crippen LogP contribution in [0.5, 0.6) is 5.75 Å². The first kappa shape index (κ1) is 108. The highest BCUT2D eigenvalue weighted by Crippen LogP contribution is 2.62. The van der Waals surface area contributed by atoms with E-state index in [1.54, 1.807) is 45.1 Å². The molecule has 3 amide bonds. The Labute approximate surface area is 863 Å². The second-order valence-corrected chi connectivity index (χ2v) is 50.9. The van der Waals surface area contributed by atoms with Crippen molar-refractivity contribution >= 4 is 68.3 Å². The highest BCUT2D eigenvalue weighted by atomic mass is 35.5. The Morgan fingerprint density at radius 1 is 0.596 bits per heavy atom. The van der Waals surface area contributed by atoms with Gasteiger partial charge in [0.05, 0.1) is 47.7 Å². The van der Waals surface area contributed by atoms with Crippen molar-refractivity contribution < 1.29 is 34.1 Å². The van der Waals surface area contributed by atoms with E-state index >= 15 is 0 Å². The van der Waals surface area contributed by atoms with E-state index in [0.29, 0.717) is 88.5 Å². The quantitative estimate of drug-likeness (QED) is 0.0789.